The van der Waals surface area contributed by atoms with Crippen LogP contribution in [-0.4, -0.2) is 12.1 Å². The van der Waals surface area contributed by atoms with E-state index in [1.807, 2.05) is 18.2 Å². The molecule has 3 aromatic rings. The van der Waals surface area contributed by atoms with Crippen molar-refractivity contribution < 1.29 is 4.74 Å². The Morgan fingerprint density at radius 1 is 1.15 bits per heavy atom. The van der Waals surface area contributed by atoms with Crippen molar-refractivity contribution in [1.82, 2.24) is 4.98 Å². The molecule has 1 heterocycles. The van der Waals surface area contributed by atoms with Gasteiger partial charge in [0.15, 0.2) is 4.34 Å². The van der Waals surface area contributed by atoms with Gasteiger partial charge in [-0.2, -0.15) is 0 Å². The van der Waals surface area contributed by atoms with Gasteiger partial charge in [0.05, 0.1) is 17.3 Å². The van der Waals surface area contributed by atoms with Crippen LogP contribution >= 0.6 is 23.1 Å². The van der Waals surface area contributed by atoms with E-state index in [0.717, 1.165) is 21.4 Å². The highest BCUT2D eigenvalue weighted by Gasteiger charge is 2.06. The van der Waals surface area contributed by atoms with E-state index in [1.54, 1.807) is 30.2 Å². The van der Waals surface area contributed by atoms with E-state index >= 15 is 0 Å². The van der Waals surface area contributed by atoms with Crippen LogP contribution in [0.15, 0.2) is 46.8 Å². The molecule has 0 aliphatic rings. The van der Waals surface area contributed by atoms with Gasteiger partial charge in [-0.1, -0.05) is 41.6 Å². The van der Waals surface area contributed by atoms with Crippen LogP contribution < -0.4 is 4.74 Å². The van der Waals surface area contributed by atoms with E-state index < -0.39 is 0 Å². The number of ether oxygens (including phenoxy) is 1. The van der Waals surface area contributed by atoms with Crippen LogP contribution in [0.5, 0.6) is 5.75 Å². The second kappa shape index (κ2) is 5.85. The van der Waals surface area contributed by atoms with E-state index in [2.05, 4.69) is 36.2 Å². The molecule has 0 spiro atoms. The number of rotatable bonds is 4. The lowest BCUT2D eigenvalue weighted by Crippen LogP contribution is -1.81. The smallest absolute Gasteiger partial charge is 0.151 e. The lowest BCUT2D eigenvalue weighted by Gasteiger charge is -1.99. The molecule has 3 rings (SSSR count). The van der Waals surface area contributed by atoms with E-state index in [9.17, 15) is 0 Å². The number of hydrogen-bond acceptors (Lipinski definition) is 4. The fraction of sp³-hybridized carbons (Fsp3) is 0.188. The summed E-state index contributed by atoms with van der Waals surface area (Å²) in [7, 11) is 1.69. The zero-order valence-corrected chi connectivity index (χ0v) is 13.1. The number of benzene rings is 2. The number of thiazole rings is 1. The summed E-state index contributed by atoms with van der Waals surface area (Å²) in [6, 6.07) is 14.7. The van der Waals surface area contributed by atoms with Crippen LogP contribution in [0.1, 0.15) is 11.1 Å². The fourth-order valence-electron chi connectivity index (χ4n) is 1.90. The van der Waals surface area contributed by atoms with E-state index in [-0.39, 0.29) is 0 Å². The van der Waals surface area contributed by atoms with Gasteiger partial charge in [0, 0.05) is 5.75 Å². The Kier molecular flexibility index (Phi) is 3.94. The van der Waals surface area contributed by atoms with Crippen molar-refractivity contribution in [2.24, 2.45) is 0 Å². The topological polar surface area (TPSA) is 22.1 Å². The third-order valence-corrected chi connectivity index (χ3v) is 5.29. The standard InChI is InChI=1S/C16H15NOS2/c1-11-3-5-12(6-4-11)10-19-16-17-14-8-7-13(18-2)9-15(14)20-16/h3-9H,10H2,1-2H3. The summed E-state index contributed by atoms with van der Waals surface area (Å²) >= 11 is 3.51. The van der Waals surface area contributed by atoms with Gasteiger partial charge in [-0.15, -0.1) is 11.3 Å². The first kappa shape index (κ1) is 13.5. The summed E-state index contributed by atoms with van der Waals surface area (Å²) in [4.78, 5) is 4.65. The van der Waals surface area contributed by atoms with Crippen molar-refractivity contribution in [3.05, 3.63) is 53.6 Å². The summed E-state index contributed by atoms with van der Waals surface area (Å²) in [6.07, 6.45) is 0. The van der Waals surface area contributed by atoms with E-state index in [1.165, 1.54) is 15.8 Å². The Bertz CT molecular complexity index is 719. The molecule has 0 fully saturated rings. The first-order valence-electron chi connectivity index (χ1n) is 6.37. The number of thioether (sulfide) groups is 1. The van der Waals surface area contributed by atoms with Gasteiger partial charge in [0.25, 0.3) is 0 Å². The summed E-state index contributed by atoms with van der Waals surface area (Å²) < 4.78 is 7.53. The lowest BCUT2D eigenvalue weighted by atomic mass is 10.2. The first-order valence-corrected chi connectivity index (χ1v) is 8.18. The third kappa shape index (κ3) is 2.97. The van der Waals surface area contributed by atoms with Crippen LogP contribution in [0.2, 0.25) is 0 Å². The summed E-state index contributed by atoms with van der Waals surface area (Å²) in [5, 5.41) is 0. The maximum atomic E-state index is 5.24. The maximum Gasteiger partial charge on any atom is 0.151 e. The second-order valence-corrected chi connectivity index (χ2v) is 6.84. The Morgan fingerprint density at radius 3 is 2.70 bits per heavy atom. The molecule has 4 heteroatoms. The van der Waals surface area contributed by atoms with Crippen molar-refractivity contribution in [3.63, 3.8) is 0 Å². The van der Waals surface area contributed by atoms with E-state index in [0.29, 0.717) is 0 Å². The number of methoxy groups -OCH3 is 1. The molecule has 2 nitrogen and oxygen atoms in total. The molecule has 0 bridgehead atoms. The van der Waals surface area contributed by atoms with Crippen molar-refractivity contribution in [2.75, 3.05) is 7.11 Å². The molecular formula is C16H15NOS2. The van der Waals surface area contributed by atoms with Gasteiger partial charge >= 0.3 is 0 Å². The molecule has 2 aromatic carbocycles. The number of nitrogens with zero attached hydrogens (tertiary/aromatic N) is 1. The monoisotopic (exact) mass is 301 g/mol. The zero-order valence-electron chi connectivity index (χ0n) is 11.4. The van der Waals surface area contributed by atoms with Gasteiger partial charge < -0.3 is 4.74 Å². The maximum absolute atomic E-state index is 5.24. The van der Waals surface area contributed by atoms with Gasteiger partial charge in [-0.3, -0.25) is 0 Å². The van der Waals surface area contributed by atoms with Crippen LogP contribution in [0.3, 0.4) is 0 Å². The first-order chi connectivity index (χ1) is 9.74. The molecular weight excluding hydrogens is 286 g/mol. The molecule has 0 saturated carbocycles. The summed E-state index contributed by atoms with van der Waals surface area (Å²) in [5.41, 5.74) is 3.67. The molecule has 0 atom stereocenters. The quantitative estimate of drug-likeness (QED) is 0.639. The number of aryl methyl sites for hydroxylation is 1. The second-order valence-electron chi connectivity index (χ2n) is 4.59. The van der Waals surface area contributed by atoms with Crippen LogP contribution in [0.25, 0.3) is 10.2 Å². The molecule has 102 valence electrons. The summed E-state index contributed by atoms with van der Waals surface area (Å²) in [6.45, 7) is 2.11. The van der Waals surface area contributed by atoms with E-state index in [4.69, 9.17) is 4.74 Å². The SMILES string of the molecule is COc1ccc2nc(SCc3ccc(C)cc3)sc2c1. The minimum absolute atomic E-state index is 0.885. The molecule has 0 radical (unpaired) electrons. The highest BCUT2D eigenvalue weighted by molar-refractivity contribution is 8.00. The average molecular weight is 301 g/mol. The van der Waals surface area contributed by atoms with Crippen molar-refractivity contribution >= 4 is 33.3 Å². The normalized spacial score (nSPS) is 10.9. The van der Waals surface area contributed by atoms with Gasteiger partial charge in [-0.05, 0) is 30.7 Å². The molecule has 20 heavy (non-hydrogen) atoms. The highest BCUT2D eigenvalue weighted by atomic mass is 32.2. The molecule has 0 aliphatic heterocycles. The predicted octanol–water partition coefficient (Wildman–Crippen LogP) is 4.91. The average Bonchev–Trinajstić information content (AvgIpc) is 2.88. The molecule has 1 aromatic heterocycles. The lowest BCUT2D eigenvalue weighted by molar-refractivity contribution is 0.415. The Hall–Kier alpha value is -1.52. The van der Waals surface area contributed by atoms with Gasteiger partial charge in [-0.25, -0.2) is 4.98 Å². The molecule has 0 amide bonds. The Labute approximate surface area is 126 Å². The predicted molar refractivity (Wildman–Crippen MR) is 86.9 cm³/mol. The number of hydrogen-bond donors (Lipinski definition) is 0. The third-order valence-electron chi connectivity index (χ3n) is 3.06. The van der Waals surface area contributed by atoms with Crippen molar-refractivity contribution in [2.45, 2.75) is 17.0 Å². The van der Waals surface area contributed by atoms with Crippen molar-refractivity contribution in [1.29, 1.82) is 0 Å². The van der Waals surface area contributed by atoms with Crippen LogP contribution in [-0.2, 0) is 5.75 Å². The number of aromatic nitrogens is 1. The summed E-state index contributed by atoms with van der Waals surface area (Å²) in [5.74, 6) is 1.84. The molecule has 0 unspecified atom stereocenters. The van der Waals surface area contributed by atoms with Gasteiger partial charge in [0.2, 0.25) is 0 Å². The molecule has 0 aliphatic carbocycles. The minimum Gasteiger partial charge on any atom is -0.497 e. The molecule has 0 N–H and O–H groups in total. The largest absolute Gasteiger partial charge is 0.497 e. The van der Waals surface area contributed by atoms with Gasteiger partial charge in [0.1, 0.15) is 5.75 Å². The highest BCUT2D eigenvalue weighted by Crippen LogP contribution is 2.33. The minimum atomic E-state index is 0.885. The fourth-order valence-corrected chi connectivity index (χ4v) is 3.95. The van der Waals surface area contributed by atoms with Crippen LogP contribution in [0, 0.1) is 6.92 Å². The Morgan fingerprint density at radius 2 is 1.95 bits per heavy atom. The van der Waals surface area contributed by atoms with Crippen LogP contribution in [0.4, 0.5) is 0 Å². The van der Waals surface area contributed by atoms with Crippen molar-refractivity contribution in [3.8, 4) is 5.75 Å². The molecule has 0 saturated heterocycles. The zero-order chi connectivity index (χ0) is 13.9. The number of fused-ring (bicyclic) bond motifs is 1. The Balaban J connectivity index is 1.75.